The van der Waals surface area contributed by atoms with Crippen molar-refractivity contribution in [2.75, 3.05) is 0 Å². The normalized spacial score (nSPS) is 7.64. The smallest absolute Gasteiger partial charge is 0.248 e. The molecule has 0 aliphatic heterocycles. The van der Waals surface area contributed by atoms with E-state index in [0.717, 1.165) is 5.56 Å². The molecular formula is C12H15NO. The van der Waals surface area contributed by atoms with Gasteiger partial charge in [-0.2, -0.15) is 0 Å². The molecule has 1 aromatic rings. The lowest BCUT2D eigenvalue weighted by molar-refractivity contribution is 0.100. The minimum absolute atomic E-state index is 0.411. The largest absolute Gasteiger partial charge is 0.366 e. The van der Waals surface area contributed by atoms with E-state index >= 15 is 0 Å². The summed E-state index contributed by atoms with van der Waals surface area (Å²) in [6.07, 6.45) is 0. The Kier molecular flexibility index (Phi) is 5.89. The average Bonchev–Trinajstić information content (AvgIpc) is 2.22. The molecule has 74 valence electrons. The quantitative estimate of drug-likeness (QED) is 0.676. The second-order valence-corrected chi connectivity index (χ2v) is 2.32. The molecule has 2 N–H and O–H groups in total. The Hall–Kier alpha value is -1.75. The zero-order valence-corrected chi connectivity index (χ0v) is 8.79. The van der Waals surface area contributed by atoms with Gasteiger partial charge in [-0.25, -0.2) is 0 Å². The van der Waals surface area contributed by atoms with Gasteiger partial charge in [-0.15, -0.1) is 5.92 Å². The molecule has 0 spiro atoms. The number of amides is 1. The number of benzene rings is 1. The molecule has 0 aromatic heterocycles. The summed E-state index contributed by atoms with van der Waals surface area (Å²) in [5, 5.41) is 0. The third kappa shape index (κ3) is 3.77. The summed E-state index contributed by atoms with van der Waals surface area (Å²) in [4.78, 5) is 10.7. The highest BCUT2D eigenvalue weighted by molar-refractivity contribution is 5.92. The lowest BCUT2D eigenvalue weighted by Gasteiger charge is -1.93. The molecule has 0 aliphatic carbocycles. The Labute approximate surface area is 85.1 Å². The van der Waals surface area contributed by atoms with Crippen LogP contribution in [0, 0.1) is 11.8 Å². The van der Waals surface area contributed by atoms with Crippen molar-refractivity contribution in [2.45, 2.75) is 20.8 Å². The van der Waals surface area contributed by atoms with Crippen LogP contribution in [0.15, 0.2) is 24.3 Å². The van der Waals surface area contributed by atoms with Crippen molar-refractivity contribution in [1.29, 1.82) is 0 Å². The third-order valence-corrected chi connectivity index (χ3v) is 1.44. The van der Waals surface area contributed by atoms with Gasteiger partial charge in [0, 0.05) is 11.1 Å². The number of primary amides is 1. The first-order chi connectivity index (χ1) is 6.74. The lowest BCUT2D eigenvalue weighted by Crippen LogP contribution is -2.10. The number of hydrogen-bond donors (Lipinski definition) is 1. The second kappa shape index (κ2) is 6.73. The first-order valence-corrected chi connectivity index (χ1v) is 4.56. The molecule has 1 amide bonds. The highest BCUT2D eigenvalue weighted by Gasteiger charge is 1.97. The van der Waals surface area contributed by atoms with Gasteiger partial charge in [0.25, 0.3) is 0 Å². The summed E-state index contributed by atoms with van der Waals surface area (Å²) in [5.74, 6) is 5.23. The van der Waals surface area contributed by atoms with Gasteiger partial charge in [0.2, 0.25) is 5.91 Å². The maximum atomic E-state index is 10.7. The maximum absolute atomic E-state index is 10.7. The van der Waals surface area contributed by atoms with E-state index in [0.29, 0.717) is 5.56 Å². The van der Waals surface area contributed by atoms with Gasteiger partial charge in [-0.1, -0.05) is 19.8 Å². The van der Waals surface area contributed by atoms with E-state index in [9.17, 15) is 4.79 Å². The van der Waals surface area contributed by atoms with E-state index in [-0.39, 0.29) is 0 Å². The summed E-state index contributed by atoms with van der Waals surface area (Å²) in [7, 11) is 0. The number of rotatable bonds is 1. The van der Waals surface area contributed by atoms with Crippen LogP contribution in [0.4, 0.5) is 0 Å². The summed E-state index contributed by atoms with van der Waals surface area (Å²) < 4.78 is 0. The van der Waals surface area contributed by atoms with Crippen LogP contribution in [0.2, 0.25) is 0 Å². The molecule has 2 nitrogen and oxygen atoms in total. The number of carbonyl (C=O) groups excluding carboxylic acids is 1. The predicted molar refractivity (Wildman–Crippen MR) is 58.9 cm³/mol. The van der Waals surface area contributed by atoms with Crippen molar-refractivity contribution in [3.8, 4) is 11.8 Å². The fraction of sp³-hybridized carbons (Fsp3) is 0.250. The van der Waals surface area contributed by atoms with Crippen molar-refractivity contribution in [1.82, 2.24) is 0 Å². The van der Waals surface area contributed by atoms with Crippen LogP contribution in [0.1, 0.15) is 36.7 Å². The average molecular weight is 189 g/mol. The minimum atomic E-state index is -0.411. The van der Waals surface area contributed by atoms with Crippen LogP contribution < -0.4 is 5.73 Å². The van der Waals surface area contributed by atoms with Crippen LogP contribution in [0.3, 0.4) is 0 Å². The van der Waals surface area contributed by atoms with Gasteiger partial charge >= 0.3 is 0 Å². The van der Waals surface area contributed by atoms with E-state index in [4.69, 9.17) is 5.73 Å². The highest BCUT2D eigenvalue weighted by Crippen LogP contribution is 2.01. The maximum Gasteiger partial charge on any atom is 0.248 e. The molecular weight excluding hydrogens is 174 g/mol. The van der Waals surface area contributed by atoms with E-state index in [1.54, 1.807) is 31.2 Å². The zero-order chi connectivity index (χ0) is 11.0. The molecule has 0 fully saturated rings. The molecule has 0 saturated heterocycles. The molecule has 0 unspecified atom stereocenters. The SMILES string of the molecule is CC.CC#Cc1ccc(C(N)=O)cc1. The summed E-state index contributed by atoms with van der Waals surface area (Å²) in [6, 6.07) is 6.89. The second-order valence-electron chi connectivity index (χ2n) is 2.32. The molecule has 1 rings (SSSR count). The van der Waals surface area contributed by atoms with Crippen LogP contribution in [-0.2, 0) is 0 Å². The number of hydrogen-bond acceptors (Lipinski definition) is 1. The Morgan fingerprint density at radius 3 is 2.07 bits per heavy atom. The van der Waals surface area contributed by atoms with Crippen molar-refractivity contribution >= 4 is 5.91 Å². The Balaban J connectivity index is 0.000000791. The zero-order valence-electron chi connectivity index (χ0n) is 8.79. The molecule has 2 heteroatoms. The first kappa shape index (κ1) is 12.2. The van der Waals surface area contributed by atoms with Gasteiger partial charge in [-0.05, 0) is 31.2 Å². The van der Waals surface area contributed by atoms with Gasteiger partial charge in [0.05, 0.1) is 0 Å². The van der Waals surface area contributed by atoms with Gasteiger partial charge < -0.3 is 5.73 Å². The summed E-state index contributed by atoms with van der Waals surface area (Å²) in [5.41, 5.74) is 6.46. The Morgan fingerprint density at radius 2 is 1.71 bits per heavy atom. The standard InChI is InChI=1S/C10H9NO.C2H6/c1-2-3-8-4-6-9(7-5-8)10(11)12;1-2/h4-7H,1H3,(H2,11,12);1-2H3. The topological polar surface area (TPSA) is 43.1 Å². The predicted octanol–water partition coefficient (Wildman–Crippen LogP) is 2.18. The Morgan fingerprint density at radius 1 is 1.21 bits per heavy atom. The van der Waals surface area contributed by atoms with E-state index in [2.05, 4.69) is 11.8 Å². The van der Waals surface area contributed by atoms with Crippen molar-refractivity contribution < 1.29 is 4.79 Å². The van der Waals surface area contributed by atoms with Crippen molar-refractivity contribution in [3.63, 3.8) is 0 Å². The highest BCUT2D eigenvalue weighted by atomic mass is 16.1. The van der Waals surface area contributed by atoms with Crippen molar-refractivity contribution in [2.24, 2.45) is 5.73 Å². The summed E-state index contributed by atoms with van der Waals surface area (Å²) in [6.45, 7) is 5.77. The van der Waals surface area contributed by atoms with E-state index < -0.39 is 5.91 Å². The minimum Gasteiger partial charge on any atom is -0.366 e. The van der Waals surface area contributed by atoms with E-state index in [1.807, 2.05) is 13.8 Å². The van der Waals surface area contributed by atoms with E-state index in [1.165, 1.54) is 0 Å². The summed E-state index contributed by atoms with van der Waals surface area (Å²) >= 11 is 0. The lowest BCUT2D eigenvalue weighted by atomic mass is 10.1. The van der Waals surface area contributed by atoms with Gasteiger partial charge in [0.1, 0.15) is 0 Å². The van der Waals surface area contributed by atoms with Crippen LogP contribution in [0.5, 0.6) is 0 Å². The molecule has 1 aromatic carbocycles. The molecule has 0 bridgehead atoms. The van der Waals surface area contributed by atoms with Crippen LogP contribution >= 0.6 is 0 Å². The molecule has 0 aliphatic rings. The fourth-order valence-corrected chi connectivity index (χ4v) is 0.862. The number of nitrogens with two attached hydrogens (primary N) is 1. The van der Waals surface area contributed by atoms with Crippen LogP contribution in [0.25, 0.3) is 0 Å². The number of carbonyl (C=O) groups is 1. The van der Waals surface area contributed by atoms with Crippen molar-refractivity contribution in [3.05, 3.63) is 35.4 Å². The molecule has 0 radical (unpaired) electrons. The molecule has 0 atom stereocenters. The molecule has 14 heavy (non-hydrogen) atoms. The molecule has 0 saturated carbocycles. The van der Waals surface area contributed by atoms with Gasteiger partial charge in [-0.3, -0.25) is 4.79 Å². The first-order valence-electron chi connectivity index (χ1n) is 4.56. The fourth-order valence-electron chi connectivity index (χ4n) is 0.862. The third-order valence-electron chi connectivity index (χ3n) is 1.44. The molecule has 0 heterocycles. The monoisotopic (exact) mass is 189 g/mol. The Bertz CT molecular complexity index is 341. The van der Waals surface area contributed by atoms with Gasteiger partial charge in [0.15, 0.2) is 0 Å². The van der Waals surface area contributed by atoms with Crippen LogP contribution in [-0.4, -0.2) is 5.91 Å².